The number of hydrogen-bond donors (Lipinski definition) is 2. The number of methoxy groups -OCH3 is 2. The first-order chi connectivity index (χ1) is 11.7. The minimum absolute atomic E-state index is 0.289. The van der Waals surface area contributed by atoms with E-state index in [0.29, 0.717) is 6.04 Å². The van der Waals surface area contributed by atoms with Gasteiger partial charge in [0.25, 0.3) is 0 Å². The number of benzene rings is 1. The van der Waals surface area contributed by atoms with E-state index in [4.69, 9.17) is 21.7 Å². The second-order valence-corrected chi connectivity index (χ2v) is 6.84. The first-order valence-electron chi connectivity index (χ1n) is 8.69. The summed E-state index contributed by atoms with van der Waals surface area (Å²) in [5.41, 5.74) is 2.65. The van der Waals surface area contributed by atoms with Crippen molar-refractivity contribution in [3.8, 4) is 11.5 Å². The number of nitrogens with one attached hydrogen (secondary N) is 2. The van der Waals surface area contributed by atoms with Gasteiger partial charge in [0, 0.05) is 19.1 Å². The summed E-state index contributed by atoms with van der Waals surface area (Å²) >= 11 is 5.42. The van der Waals surface area contributed by atoms with Crippen molar-refractivity contribution in [1.82, 2.24) is 15.5 Å². The van der Waals surface area contributed by atoms with Crippen molar-refractivity contribution >= 4 is 17.3 Å². The molecule has 0 aromatic heterocycles. The molecule has 0 radical (unpaired) electrons. The predicted octanol–water partition coefficient (Wildman–Crippen LogP) is 2.25. The predicted molar refractivity (Wildman–Crippen MR) is 100.0 cm³/mol. The van der Waals surface area contributed by atoms with Gasteiger partial charge in [-0.15, -0.1) is 0 Å². The first kappa shape index (κ1) is 17.3. The molecule has 0 bridgehead atoms. The Morgan fingerprint density at radius 2 is 1.96 bits per heavy atom. The van der Waals surface area contributed by atoms with E-state index >= 15 is 0 Å². The SMILES string of the molecule is CCN1CCc2cc(OC)c(OC)cc2[C@H]1CNC(=S)NC1CC1. The maximum atomic E-state index is 5.50. The van der Waals surface area contributed by atoms with Gasteiger partial charge in [-0.05, 0) is 61.3 Å². The van der Waals surface area contributed by atoms with Crippen molar-refractivity contribution in [2.45, 2.75) is 38.3 Å². The first-order valence-corrected chi connectivity index (χ1v) is 9.10. The summed E-state index contributed by atoms with van der Waals surface area (Å²) in [7, 11) is 3.37. The largest absolute Gasteiger partial charge is 0.493 e. The zero-order valence-corrected chi connectivity index (χ0v) is 15.5. The maximum absolute atomic E-state index is 5.50. The van der Waals surface area contributed by atoms with E-state index in [0.717, 1.165) is 42.7 Å². The quantitative estimate of drug-likeness (QED) is 0.768. The molecule has 2 N–H and O–H groups in total. The van der Waals surface area contributed by atoms with Crippen LogP contribution < -0.4 is 20.1 Å². The molecule has 0 saturated heterocycles. The van der Waals surface area contributed by atoms with Crippen LogP contribution in [0.5, 0.6) is 11.5 Å². The van der Waals surface area contributed by atoms with Crippen molar-refractivity contribution in [2.75, 3.05) is 33.9 Å². The Kier molecular flexibility index (Phi) is 5.46. The van der Waals surface area contributed by atoms with E-state index in [9.17, 15) is 0 Å². The second-order valence-electron chi connectivity index (χ2n) is 6.43. The van der Waals surface area contributed by atoms with Crippen LogP contribution in [-0.2, 0) is 6.42 Å². The van der Waals surface area contributed by atoms with E-state index in [2.05, 4.69) is 34.6 Å². The van der Waals surface area contributed by atoms with Crippen LogP contribution in [0, 0.1) is 0 Å². The van der Waals surface area contributed by atoms with Crippen LogP contribution >= 0.6 is 12.2 Å². The summed E-state index contributed by atoms with van der Waals surface area (Å²) in [5.74, 6) is 1.59. The topological polar surface area (TPSA) is 45.8 Å². The maximum Gasteiger partial charge on any atom is 0.166 e. The molecule has 24 heavy (non-hydrogen) atoms. The Balaban J connectivity index is 1.79. The number of thiocarbonyl (C=S) groups is 1. The fourth-order valence-electron chi connectivity index (χ4n) is 3.35. The molecule has 3 rings (SSSR count). The Morgan fingerprint density at radius 1 is 1.25 bits per heavy atom. The Morgan fingerprint density at radius 3 is 2.58 bits per heavy atom. The number of rotatable bonds is 6. The van der Waals surface area contributed by atoms with Crippen LogP contribution in [0.1, 0.15) is 36.9 Å². The molecule has 132 valence electrons. The van der Waals surface area contributed by atoms with Crippen LogP contribution in [0.2, 0.25) is 0 Å². The molecule has 1 heterocycles. The molecule has 0 unspecified atom stereocenters. The van der Waals surface area contributed by atoms with E-state index < -0.39 is 0 Å². The Labute approximate surface area is 149 Å². The molecule has 0 amide bonds. The van der Waals surface area contributed by atoms with Crippen molar-refractivity contribution < 1.29 is 9.47 Å². The van der Waals surface area contributed by atoms with Crippen molar-refractivity contribution in [2.24, 2.45) is 0 Å². The lowest BCUT2D eigenvalue weighted by Gasteiger charge is -2.37. The monoisotopic (exact) mass is 349 g/mol. The van der Waals surface area contributed by atoms with Gasteiger partial charge in [0.15, 0.2) is 16.6 Å². The van der Waals surface area contributed by atoms with Crippen LogP contribution in [0.15, 0.2) is 12.1 Å². The lowest BCUT2D eigenvalue weighted by Crippen LogP contribution is -2.45. The third kappa shape index (κ3) is 3.75. The summed E-state index contributed by atoms with van der Waals surface area (Å²) < 4.78 is 11.0. The molecule has 1 saturated carbocycles. The molecular formula is C18H27N3O2S. The molecule has 1 aliphatic carbocycles. The number of likely N-dealkylation sites (N-methyl/N-ethyl adjacent to an activating group) is 1. The van der Waals surface area contributed by atoms with Crippen molar-refractivity contribution in [1.29, 1.82) is 0 Å². The number of ether oxygens (including phenoxy) is 2. The third-order valence-corrected chi connectivity index (χ3v) is 5.15. The van der Waals surface area contributed by atoms with Gasteiger partial charge in [-0.25, -0.2) is 0 Å². The molecular weight excluding hydrogens is 322 g/mol. The average molecular weight is 350 g/mol. The fourth-order valence-corrected chi connectivity index (χ4v) is 3.60. The fraction of sp³-hybridized carbons (Fsp3) is 0.611. The van der Waals surface area contributed by atoms with Crippen LogP contribution in [0.25, 0.3) is 0 Å². The van der Waals surface area contributed by atoms with Gasteiger partial charge in [-0.3, -0.25) is 4.90 Å². The highest BCUT2D eigenvalue weighted by molar-refractivity contribution is 7.80. The van der Waals surface area contributed by atoms with E-state index in [1.54, 1.807) is 14.2 Å². The number of hydrogen-bond acceptors (Lipinski definition) is 4. The number of fused-ring (bicyclic) bond motifs is 1. The lowest BCUT2D eigenvalue weighted by molar-refractivity contribution is 0.195. The van der Waals surface area contributed by atoms with Crippen LogP contribution in [0.3, 0.4) is 0 Å². The second kappa shape index (κ2) is 7.57. The van der Waals surface area contributed by atoms with Crippen molar-refractivity contribution in [3.63, 3.8) is 0 Å². The van der Waals surface area contributed by atoms with Gasteiger partial charge in [-0.1, -0.05) is 6.92 Å². The highest BCUT2D eigenvalue weighted by Crippen LogP contribution is 2.37. The van der Waals surface area contributed by atoms with Gasteiger partial charge in [0.1, 0.15) is 0 Å². The van der Waals surface area contributed by atoms with Gasteiger partial charge in [0.05, 0.1) is 20.3 Å². The van der Waals surface area contributed by atoms with Crippen LogP contribution in [0.4, 0.5) is 0 Å². The standard InChI is InChI=1S/C18H27N3O2S/c1-4-21-8-7-12-9-16(22-2)17(23-3)10-14(12)15(21)11-19-18(24)20-13-5-6-13/h9-10,13,15H,4-8,11H2,1-3H3,(H2,19,20,24)/t15-/m1/s1. The summed E-state index contributed by atoms with van der Waals surface area (Å²) in [5, 5.41) is 7.51. The highest BCUT2D eigenvalue weighted by Gasteiger charge is 2.29. The average Bonchev–Trinajstić information content (AvgIpc) is 3.41. The highest BCUT2D eigenvalue weighted by atomic mass is 32.1. The van der Waals surface area contributed by atoms with Gasteiger partial charge < -0.3 is 20.1 Å². The molecule has 1 aromatic rings. The Hall–Kier alpha value is -1.53. The van der Waals surface area contributed by atoms with Gasteiger partial charge in [-0.2, -0.15) is 0 Å². The smallest absolute Gasteiger partial charge is 0.166 e. The molecule has 5 nitrogen and oxygen atoms in total. The van der Waals surface area contributed by atoms with E-state index in [-0.39, 0.29) is 6.04 Å². The molecule has 2 aliphatic rings. The third-order valence-electron chi connectivity index (χ3n) is 4.89. The Bertz CT molecular complexity index is 604. The van der Waals surface area contributed by atoms with Gasteiger partial charge >= 0.3 is 0 Å². The minimum Gasteiger partial charge on any atom is -0.493 e. The zero-order chi connectivity index (χ0) is 17.1. The lowest BCUT2D eigenvalue weighted by atomic mass is 9.91. The molecule has 1 atom stereocenters. The normalized spacial score (nSPS) is 20.2. The molecule has 0 spiro atoms. The molecule has 6 heteroatoms. The molecule has 1 fully saturated rings. The van der Waals surface area contributed by atoms with Gasteiger partial charge in [0.2, 0.25) is 0 Å². The summed E-state index contributed by atoms with van der Waals surface area (Å²) in [6.07, 6.45) is 3.49. The minimum atomic E-state index is 0.289. The zero-order valence-electron chi connectivity index (χ0n) is 14.7. The van der Waals surface area contributed by atoms with Crippen molar-refractivity contribution in [3.05, 3.63) is 23.3 Å². The van der Waals surface area contributed by atoms with Crippen LogP contribution in [-0.4, -0.2) is 49.9 Å². The van der Waals surface area contributed by atoms with E-state index in [1.807, 2.05) is 0 Å². The molecule has 1 aromatic carbocycles. The summed E-state index contributed by atoms with van der Waals surface area (Å²) in [6, 6.07) is 5.11. The summed E-state index contributed by atoms with van der Waals surface area (Å²) in [6.45, 7) is 5.07. The summed E-state index contributed by atoms with van der Waals surface area (Å²) in [4.78, 5) is 2.49. The van der Waals surface area contributed by atoms with E-state index in [1.165, 1.54) is 24.0 Å². The molecule has 1 aliphatic heterocycles. The number of nitrogens with zero attached hydrogens (tertiary/aromatic N) is 1.